The first-order chi connectivity index (χ1) is 4.30. The zero-order valence-electron chi connectivity index (χ0n) is 5.24. The van der Waals surface area contributed by atoms with Crippen molar-refractivity contribution >= 4 is 18.3 Å². The van der Waals surface area contributed by atoms with Gasteiger partial charge in [0.2, 0.25) is 0 Å². The van der Waals surface area contributed by atoms with Gasteiger partial charge in [-0.25, -0.2) is 0 Å². The SMILES string of the molecule is Cl.NC(=O)C1=CC=CCO1. The minimum atomic E-state index is -0.514. The summed E-state index contributed by atoms with van der Waals surface area (Å²) < 4.78 is 4.84. The second kappa shape index (κ2) is 3.95. The number of rotatable bonds is 1. The molecule has 4 heteroatoms. The van der Waals surface area contributed by atoms with Gasteiger partial charge >= 0.3 is 0 Å². The van der Waals surface area contributed by atoms with Gasteiger partial charge in [0.05, 0.1) is 0 Å². The van der Waals surface area contributed by atoms with E-state index in [-0.39, 0.29) is 18.2 Å². The molecule has 1 heterocycles. The Kier molecular flexibility index (Phi) is 3.57. The third-order valence-electron chi connectivity index (χ3n) is 0.962. The average Bonchev–Trinajstić information content (AvgIpc) is 1.90. The van der Waals surface area contributed by atoms with Crippen LogP contribution in [-0.4, -0.2) is 12.5 Å². The number of carbonyl (C=O) groups is 1. The molecule has 10 heavy (non-hydrogen) atoms. The number of nitrogens with two attached hydrogens (primary N) is 1. The molecular weight excluding hydrogens is 154 g/mol. The Bertz CT molecular complexity index is 186. The van der Waals surface area contributed by atoms with Crippen LogP contribution in [0.2, 0.25) is 0 Å². The van der Waals surface area contributed by atoms with E-state index < -0.39 is 5.91 Å². The van der Waals surface area contributed by atoms with Crippen LogP contribution in [0, 0.1) is 0 Å². The summed E-state index contributed by atoms with van der Waals surface area (Å²) in [5.41, 5.74) is 4.90. The summed E-state index contributed by atoms with van der Waals surface area (Å²) in [6.45, 7) is 0.439. The van der Waals surface area contributed by atoms with Crippen molar-refractivity contribution in [2.75, 3.05) is 6.61 Å². The molecule has 0 fully saturated rings. The highest BCUT2D eigenvalue weighted by atomic mass is 35.5. The van der Waals surface area contributed by atoms with E-state index in [1.807, 2.05) is 0 Å². The lowest BCUT2D eigenvalue weighted by atomic mass is 10.3. The highest BCUT2D eigenvalue weighted by Gasteiger charge is 2.04. The van der Waals surface area contributed by atoms with E-state index in [0.717, 1.165) is 0 Å². The number of hydrogen-bond donors (Lipinski definition) is 1. The lowest BCUT2D eigenvalue weighted by Gasteiger charge is -2.05. The number of halogens is 1. The van der Waals surface area contributed by atoms with Gasteiger partial charge in [-0.15, -0.1) is 12.4 Å². The molecule has 0 aromatic carbocycles. The minimum absolute atomic E-state index is 0. The Morgan fingerprint density at radius 1 is 1.70 bits per heavy atom. The third-order valence-corrected chi connectivity index (χ3v) is 0.962. The van der Waals surface area contributed by atoms with Crippen molar-refractivity contribution in [1.29, 1.82) is 0 Å². The second-order valence-electron chi connectivity index (χ2n) is 1.63. The lowest BCUT2D eigenvalue weighted by molar-refractivity contribution is -0.117. The van der Waals surface area contributed by atoms with Gasteiger partial charge in [0, 0.05) is 0 Å². The van der Waals surface area contributed by atoms with Crippen LogP contribution in [0.4, 0.5) is 0 Å². The lowest BCUT2D eigenvalue weighted by Crippen LogP contribution is -2.17. The van der Waals surface area contributed by atoms with E-state index in [1.54, 1.807) is 18.2 Å². The van der Waals surface area contributed by atoms with Crippen molar-refractivity contribution < 1.29 is 9.53 Å². The summed E-state index contributed by atoms with van der Waals surface area (Å²) in [7, 11) is 0. The normalized spacial score (nSPS) is 14.6. The largest absolute Gasteiger partial charge is 0.484 e. The summed E-state index contributed by atoms with van der Waals surface area (Å²) >= 11 is 0. The Hall–Kier alpha value is -0.960. The molecule has 0 unspecified atom stereocenters. The van der Waals surface area contributed by atoms with Gasteiger partial charge in [0.15, 0.2) is 5.76 Å². The van der Waals surface area contributed by atoms with Crippen LogP contribution < -0.4 is 5.73 Å². The van der Waals surface area contributed by atoms with Gasteiger partial charge < -0.3 is 10.5 Å². The fourth-order valence-electron chi connectivity index (χ4n) is 0.550. The van der Waals surface area contributed by atoms with Gasteiger partial charge in [-0.05, 0) is 12.2 Å². The molecule has 0 aliphatic carbocycles. The Morgan fingerprint density at radius 2 is 2.40 bits per heavy atom. The van der Waals surface area contributed by atoms with Crippen molar-refractivity contribution in [3.05, 3.63) is 24.0 Å². The van der Waals surface area contributed by atoms with Gasteiger partial charge in [-0.3, -0.25) is 4.79 Å². The minimum Gasteiger partial charge on any atom is -0.484 e. The van der Waals surface area contributed by atoms with Gasteiger partial charge in [0.25, 0.3) is 5.91 Å². The highest BCUT2D eigenvalue weighted by molar-refractivity contribution is 5.90. The topological polar surface area (TPSA) is 52.3 Å². The molecule has 0 bridgehead atoms. The number of amides is 1. The number of hydrogen-bond acceptors (Lipinski definition) is 2. The predicted molar refractivity (Wildman–Crippen MR) is 39.6 cm³/mol. The molecule has 0 spiro atoms. The number of carbonyl (C=O) groups excluding carboxylic acids is 1. The van der Waals surface area contributed by atoms with Gasteiger partial charge in [0.1, 0.15) is 6.61 Å². The molecule has 1 aliphatic rings. The van der Waals surface area contributed by atoms with Crippen molar-refractivity contribution in [3.8, 4) is 0 Å². The molecule has 56 valence electrons. The van der Waals surface area contributed by atoms with E-state index in [4.69, 9.17) is 10.5 Å². The monoisotopic (exact) mass is 161 g/mol. The first-order valence-corrected chi connectivity index (χ1v) is 2.60. The van der Waals surface area contributed by atoms with Crippen molar-refractivity contribution in [3.63, 3.8) is 0 Å². The zero-order valence-corrected chi connectivity index (χ0v) is 6.06. The van der Waals surface area contributed by atoms with Crippen LogP contribution in [0.15, 0.2) is 24.0 Å². The van der Waals surface area contributed by atoms with E-state index in [2.05, 4.69) is 0 Å². The van der Waals surface area contributed by atoms with Crippen molar-refractivity contribution in [2.24, 2.45) is 5.73 Å². The summed E-state index contributed by atoms with van der Waals surface area (Å²) in [5, 5.41) is 0. The second-order valence-corrected chi connectivity index (χ2v) is 1.63. The molecule has 0 aromatic heterocycles. The molecule has 2 N–H and O–H groups in total. The molecule has 1 rings (SSSR count). The van der Waals surface area contributed by atoms with E-state index in [9.17, 15) is 4.79 Å². The maximum absolute atomic E-state index is 10.3. The number of allylic oxidation sites excluding steroid dienone is 2. The van der Waals surface area contributed by atoms with Crippen molar-refractivity contribution in [1.82, 2.24) is 0 Å². The van der Waals surface area contributed by atoms with Crippen LogP contribution in [0.25, 0.3) is 0 Å². The van der Waals surface area contributed by atoms with Gasteiger partial charge in [-0.1, -0.05) is 6.08 Å². The van der Waals surface area contributed by atoms with Gasteiger partial charge in [-0.2, -0.15) is 0 Å². The first kappa shape index (κ1) is 9.04. The average molecular weight is 162 g/mol. The summed E-state index contributed by atoms with van der Waals surface area (Å²) in [6.07, 6.45) is 5.09. The van der Waals surface area contributed by atoms with E-state index >= 15 is 0 Å². The zero-order chi connectivity index (χ0) is 6.69. The molecule has 0 radical (unpaired) electrons. The maximum atomic E-state index is 10.3. The summed E-state index contributed by atoms with van der Waals surface area (Å²) in [5.74, 6) is -0.281. The van der Waals surface area contributed by atoms with Crippen LogP contribution in [0.3, 0.4) is 0 Å². The molecular formula is C6H8ClNO2. The Morgan fingerprint density at radius 3 is 2.70 bits per heavy atom. The van der Waals surface area contributed by atoms with E-state index in [0.29, 0.717) is 6.61 Å². The van der Waals surface area contributed by atoms with E-state index in [1.165, 1.54) is 0 Å². The maximum Gasteiger partial charge on any atom is 0.283 e. The first-order valence-electron chi connectivity index (χ1n) is 2.60. The van der Waals surface area contributed by atoms with Crippen molar-refractivity contribution in [2.45, 2.75) is 0 Å². The van der Waals surface area contributed by atoms with Crippen LogP contribution in [0.1, 0.15) is 0 Å². The molecule has 1 amide bonds. The fraction of sp³-hybridized carbons (Fsp3) is 0.167. The summed E-state index contributed by atoms with van der Waals surface area (Å²) in [4.78, 5) is 10.3. The smallest absolute Gasteiger partial charge is 0.283 e. The molecule has 1 aliphatic heterocycles. The fourth-order valence-corrected chi connectivity index (χ4v) is 0.550. The summed E-state index contributed by atoms with van der Waals surface area (Å²) in [6, 6.07) is 0. The molecule has 0 saturated heterocycles. The molecule has 0 atom stereocenters. The Labute approximate surface area is 64.9 Å². The van der Waals surface area contributed by atoms with Crippen LogP contribution in [-0.2, 0) is 9.53 Å². The standard InChI is InChI=1S/C6H7NO2.ClH/c7-6(8)5-3-1-2-4-9-5;/h1-3H,4H2,(H2,7,8);1H. The van der Waals surface area contributed by atoms with Crippen LogP contribution >= 0.6 is 12.4 Å². The molecule has 3 nitrogen and oxygen atoms in total. The Balaban J connectivity index is 0.000000810. The molecule has 0 aromatic rings. The molecule has 0 saturated carbocycles. The number of primary amides is 1. The predicted octanol–water partition coefficient (Wildman–Crippen LogP) is 0.364. The third kappa shape index (κ3) is 2.11. The highest BCUT2D eigenvalue weighted by Crippen LogP contribution is 2.01. The van der Waals surface area contributed by atoms with Crippen LogP contribution in [0.5, 0.6) is 0 Å². The number of ether oxygens (including phenoxy) is 1. The quantitative estimate of drug-likeness (QED) is 0.604.